The fourth-order valence-corrected chi connectivity index (χ4v) is 6.67. The van der Waals surface area contributed by atoms with Crippen molar-refractivity contribution in [3.05, 3.63) is 0 Å². The van der Waals surface area contributed by atoms with Gasteiger partial charge < -0.3 is 14.0 Å². The predicted octanol–water partition coefficient (Wildman–Crippen LogP) is 2.49. The van der Waals surface area contributed by atoms with Gasteiger partial charge in [-0.1, -0.05) is 26.7 Å². The van der Waals surface area contributed by atoms with Crippen LogP contribution in [0.1, 0.15) is 26.7 Å². The predicted molar refractivity (Wildman–Crippen MR) is 54.9 cm³/mol. The summed E-state index contributed by atoms with van der Waals surface area (Å²) in [5.74, 6) is 0. The van der Waals surface area contributed by atoms with Gasteiger partial charge in [0.25, 0.3) is 0 Å². The second-order valence-corrected chi connectivity index (χ2v) is 9.43. The molecule has 0 saturated heterocycles. The van der Waals surface area contributed by atoms with Gasteiger partial charge in [-0.25, -0.2) is 4.57 Å². The molecule has 0 saturated carbocycles. The van der Waals surface area contributed by atoms with E-state index in [0.717, 1.165) is 12.8 Å². The molecule has 0 aliphatic carbocycles. The van der Waals surface area contributed by atoms with Crippen LogP contribution in [0, 0.1) is 0 Å². The zero-order chi connectivity index (χ0) is 10.7. The average Bonchev–Trinajstić information content (AvgIpc) is 1.83. The second-order valence-electron chi connectivity index (χ2n) is 3.70. The quantitative estimate of drug-likeness (QED) is 0.558. The molecule has 2 N–H and O–H groups in total. The highest BCUT2D eigenvalue weighted by Gasteiger charge is 2.37. The first-order valence-electron chi connectivity index (χ1n) is 4.49. The zero-order valence-corrected chi connectivity index (χ0v) is 10.5. The molecule has 0 bridgehead atoms. The summed E-state index contributed by atoms with van der Waals surface area (Å²) in [7, 11) is -6.54. The molecule has 0 amide bonds. The molecule has 0 aromatic heterocycles. The number of phosphoric acid groups is 1. The highest BCUT2D eigenvalue weighted by molar-refractivity contribution is 7.48. The number of rotatable bonds is 5. The Labute approximate surface area is 80.7 Å². The fourth-order valence-electron chi connectivity index (χ4n) is 1.65. The Morgan fingerprint density at radius 1 is 1.31 bits per heavy atom. The van der Waals surface area contributed by atoms with Crippen LogP contribution in [0.3, 0.4) is 0 Å². The summed E-state index contributed by atoms with van der Waals surface area (Å²) in [5.41, 5.74) is 0.306. The average molecular weight is 226 g/mol. The van der Waals surface area contributed by atoms with Gasteiger partial charge in [-0.15, -0.1) is 0 Å². The number of hydrogen-bond donors (Lipinski definition) is 2. The van der Waals surface area contributed by atoms with Crippen LogP contribution in [0.25, 0.3) is 0 Å². The lowest BCUT2D eigenvalue weighted by molar-refractivity contribution is 0.276. The van der Waals surface area contributed by atoms with Crippen LogP contribution in [0.4, 0.5) is 0 Å². The molecular weight excluding hydrogens is 207 g/mol. The van der Waals surface area contributed by atoms with Gasteiger partial charge in [0.1, 0.15) is 0 Å². The van der Waals surface area contributed by atoms with Crippen LogP contribution in [0.5, 0.6) is 0 Å². The van der Waals surface area contributed by atoms with E-state index in [1.54, 1.807) is 0 Å². The maximum Gasteiger partial charge on any atom is 0.459 e. The van der Waals surface area contributed by atoms with Gasteiger partial charge in [0.2, 0.25) is 8.32 Å². The van der Waals surface area contributed by atoms with Gasteiger partial charge in [-0.05, 0) is 18.6 Å². The van der Waals surface area contributed by atoms with Crippen LogP contribution < -0.4 is 0 Å². The van der Waals surface area contributed by atoms with Gasteiger partial charge in [0.05, 0.1) is 0 Å². The van der Waals surface area contributed by atoms with Crippen molar-refractivity contribution in [3.63, 3.8) is 0 Å². The minimum Gasteiger partial charge on any atom is -0.330 e. The Kier molecular flexibility index (Phi) is 4.83. The molecule has 0 aromatic rings. The van der Waals surface area contributed by atoms with Crippen molar-refractivity contribution in [2.45, 2.75) is 45.3 Å². The van der Waals surface area contributed by atoms with E-state index in [2.05, 4.69) is 0 Å². The van der Waals surface area contributed by atoms with Gasteiger partial charge in [-0.3, -0.25) is 0 Å². The lowest BCUT2D eigenvalue weighted by atomic mass is 10.3. The minimum absolute atomic E-state index is 0.306. The number of hydrogen-bond acceptors (Lipinski definition) is 2. The first kappa shape index (κ1) is 13.3. The van der Waals surface area contributed by atoms with Crippen LogP contribution in [0.15, 0.2) is 0 Å². The molecule has 0 heterocycles. The third kappa shape index (κ3) is 4.93. The maximum absolute atomic E-state index is 10.7. The molecule has 4 nitrogen and oxygen atoms in total. The Bertz CT molecular complexity index is 197. The lowest BCUT2D eigenvalue weighted by Gasteiger charge is -2.30. The van der Waals surface area contributed by atoms with Crippen molar-refractivity contribution >= 4 is 16.1 Å². The fraction of sp³-hybridized carbons (Fsp3) is 1.00. The van der Waals surface area contributed by atoms with Crippen LogP contribution in [0.2, 0.25) is 18.6 Å². The molecular formula is C7H19O4PSi. The zero-order valence-electron chi connectivity index (χ0n) is 8.65. The van der Waals surface area contributed by atoms with E-state index < -0.39 is 16.1 Å². The van der Waals surface area contributed by atoms with Crippen molar-refractivity contribution in [2.75, 3.05) is 0 Å². The van der Waals surface area contributed by atoms with Gasteiger partial charge in [0.15, 0.2) is 0 Å². The van der Waals surface area contributed by atoms with Crippen molar-refractivity contribution in [1.82, 2.24) is 0 Å². The Morgan fingerprint density at radius 3 is 1.92 bits per heavy atom. The van der Waals surface area contributed by atoms with E-state index in [9.17, 15) is 4.57 Å². The summed E-state index contributed by atoms with van der Waals surface area (Å²) in [4.78, 5) is 17.4. The molecule has 0 fully saturated rings. The first-order valence-corrected chi connectivity index (χ1v) is 9.00. The van der Waals surface area contributed by atoms with E-state index >= 15 is 0 Å². The molecule has 13 heavy (non-hydrogen) atoms. The van der Waals surface area contributed by atoms with E-state index in [1.165, 1.54) is 0 Å². The summed E-state index contributed by atoms with van der Waals surface area (Å²) in [5, 5.41) is 0. The van der Waals surface area contributed by atoms with Gasteiger partial charge in [0, 0.05) is 0 Å². The smallest absolute Gasteiger partial charge is 0.330 e. The molecule has 0 unspecified atom stereocenters. The monoisotopic (exact) mass is 226 g/mol. The van der Waals surface area contributed by atoms with E-state index in [1.807, 2.05) is 26.9 Å². The van der Waals surface area contributed by atoms with Crippen molar-refractivity contribution in [1.29, 1.82) is 0 Å². The molecule has 0 radical (unpaired) electrons. The summed E-state index contributed by atoms with van der Waals surface area (Å²) in [6.45, 7) is 7.74. The summed E-state index contributed by atoms with van der Waals surface area (Å²) in [6, 6.07) is 0. The van der Waals surface area contributed by atoms with Gasteiger partial charge in [-0.2, -0.15) is 0 Å². The summed E-state index contributed by atoms with van der Waals surface area (Å²) >= 11 is 0. The largest absolute Gasteiger partial charge is 0.459 e. The van der Waals surface area contributed by atoms with Gasteiger partial charge >= 0.3 is 7.82 Å². The van der Waals surface area contributed by atoms with Crippen LogP contribution in [-0.2, 0) is 8.78 Å². The highest BCUT2D eigenvalue weighted by Crippen LogP contribution is 2.44. The molecule has 0 aliphatic heterocycles. The molecule has 6 heteroatoms. The molecule has 0 spiro atoms. The van der Waals surface area contributed by atoms with E-state index in [4.69, 9.17) is 14.0 Å². The normalized spacial score (nSPS) is 13.8. The Morgan fingerprint density at radius 2 is 1.69 bits per heavy atom. The molecule has 0 aliphatic rings. The minimum atomic E-state index is -4.31. The maximum atomic E-state index is 10.7. The van der Waals surface area contributed by atoms with E-state index in [-0.39, 0.29) is 0 Å². The molecule has 80 valence electrons. The first-order chi connectivity index (χ1) is 5.73. The third-order valence-electron chi connectivity index (χ3n) is 2.32. The SMILES string of the molecule is CCC(CC)[Si](C)(C)OP(=O)(O)O. The molecule has 0 atom stereocenters. The second kappa shape index (κ2) is 4.71. The Balaban J connectivity index is 4.45. The standard InChI is InChI=1S/C7H19O4PSi/c1-5-7(6-2)13(3,4)11-12(8,9)10/h7H,5-6H2,1-4H3,(H2,8,9,10). The topological polar surface area (TPSA) is 66.8 Å². The highest BCUT2D eigenvalue weighted by atomic mass is 31.2. The lowest BCUT2D eigenvalue weighted by Crippen LogP contribution is -2.35. The van der Waals surface area contributed by atoms with Crippen molar-refractivity contribution in [2.24, 2.45) is 0 Å². The summed E-state index contributed by atoms with van der Waals surface area (Å²) in [6.07, 6.45) is 1.82. The third-order valence-corrected chi connectivity index (χ3v) is 7.94. The van der Waals surface area contributed by atoms with Crippen molar-refractivity contribution in [3.8, 4) is 0 Å². The van der Waals surface area contributed by atoms with Crippen LogP contribution >= 0.6 is 7.82 Å². The Hall–Kier alpha value is 0.327. The van der Waals surface area contributed by atoms with Crippen LogP contribution in [-0.4, -0.2) is 18.1 Å². The van der Waals surface area contributed by atoms with Crippen molar-refractivity contribution < 1.29 is 18.6 Å². The molecule has 0 aromatic carbocycles. The summed E-state index contributed by atoms with van der Waals surface area (Å²) < 4.78 is 15.6. The van der Waals surface area contributed by atoms with E-state index in [0.29, 0.717) is 5.54 Å². The molecule has 0 rings (SSSR count).